The average molecular weight is 629 g/mol. The van der Waals surface area contributed by atoms with Gasteiger partial charge in [-0.25, -0.2) is 10.0 Å². The minimum Gasteiger partial charge on any atom is -0.508 e. The van der Waals surface area contributed by atoms with Gasteiger partial charge in [-0.05, 0) is 35.7 Å². The highest BCUT2D eigenvalue weighted by atomic mass is 16.3. The molecule has 5 aromatic rings. The maximum Gasteiger partial charge on any atom is 0.246 e. The van der Waals surface area contributed by atoms with Gasteiger partial charge in [-0.3, -0.25) is 14.4 Å². The Morgan fingerprint density at radius 3 is 2.43 bits per heavy atom. The van der Waals surface area contributed by atoms with E-state index >= 15 is 0 Å². The summed E-state index contributed by atoms with van der Waals surface area (Å²) in [6, 6.07) is 29.4. The lowest BCUT2D eigenvalue weighted by Gasteiger charge is -2.55. The van der Waals surface area contributed by atoms with Crippen molar-refractivity contribution in [1.29, 1.82) is 0 Å². The Labute approximate surface area is 272 Å². The monoisotopic (exact) mass is 628 g/mol. The van der Waals surface area contributed by atoms with Crippen LogP contribution in [0.25, 0.3) is 21.9 Å². The molecule has 2 atom stereocenters. The number of aryl methyl sites for hydroxylation is 1. The SMILES string of the molecule is C=CCN1CC(=O)N2[C@@H](Cc3ccc(O)cc3)C(=O)N(Cc3cccc4c3oc3ccccc34)C[C@@H]2N1C(=O)CCc1ccccc1. The molecule has 0 spiro atoms. The van der Waals surface area contributed by atoms with E-state index in [2.05, 4.69) is 6.58 Å². The van der Waals surface area contributed by atoms with Gasteiger partial charge in [-0.2, -0.15) is 0 Å². The lowest BCUT2D eigenvalue weighted by Crippen LogP contribution is -2.75. The van der Waals surface area contributed by atoms with Crippen LogP contribution in [0.15, 0.2) is 114 Å². The van der Waals surface area contributed by atoms with E-state index in [4.69, 9.17) is 4.42 Å². The molecule has 0 unspecified atom stereocenters. The Morgan fingerprint density at radius 2 is 1.64 bits per heavy atom. The fraction of sp³-hybridized carbons (Fsp3) is 0.237. The fourth-order valence-electron chi connectivity index (χ4n) is 6.91. The summed E-state index contributed by atoms with van der Waals surface area (Å²) in [7, 11) is 0. The minimum atomic E-state index is -0.851. The molecule has 4 aromatic carbocycles. The van der Waals surface area contributed by atoms with E-state index in [0.717, 1.165) is 33.0 Å². The van der Waals surface area contributed by atoms with Crippen LogP contribution >= 0.6 is 0 Å². The summed E-state index contributed by atoms with van der Waals surface area (Å²) >= 11 is 0. The van der Waals surface area contributed by atoms with E-state index < -0.39 is 12.2 Å². The van der Waals surface area contributed by atoms with Crippen LogP contribution in [0.4, 0.5) is 0 Å². The van der Waals surface area contributed by atoms with E-state index in [9.17, 15) is 19.5 Å². The van der Waals surface area contributed by atoms with E-state index in [1.54, 1.807) is 50.2 Å². The maximum atomic E-state index is 14.4. The Kier molecular flexibility index (Phi) is 8.22. The van der Waals surface area contributed by atoms with Gasteiger partial charge in [0.25, 0.3) is 0 Å². The van der Waals surface area contributed by atoms with E-state index in [1.165, 1.54) is 0 Å². The van der Waals surface area contributed by atoms with Crippen LogP contribution in [-0.4, -0.2) is 74.5 Å². The lowest BCUT2D eigenvalue weighted by atomic mass is 9.97. The molecular formula is C38H36N4O5. The van der Waals surface area contributed by atoms with E-state index in [1.807, 2.05) is 72.8 Å². The molecule has 9 heteroatoms. The number of aromatic hydroxyl groups is 1. The number of nitrogens with zero attached hydrogens (tertiary/aromatic N) is 4. The average Bonchev–Trinajstić information content (AvgIpc) is 3.47. The molecule has 2 aliphatic heterocycles. The molecule has 3 amide bonds. The normalized spacial score (nSPS) is 18.6. The largest absolute Gasteiger partial charge is 0.508 e. The van der Waals surface area contributed by atoms with Crippen molar-refractivity contribution in [3.63, 3.8) is 0 Å². The number of hydrogen-bond acceptors (Lipinski definition) is 6. The molecule has 0 saturated carbocycles. The van der Waals surface area contributed by atoms with Crippen molar-refractivity contribution in [2.24, 2.45) is 0 Å². The third kappa shape index (κ3) is 5.86. The Morgan fingerprint density at radius 1 is 0.894 bits per heavy atom. The number of phenolic OH excluding ortho intramolecular Hbond substituents is 1. The predicted octanol–water partition coefficient (Wildman–Crippen LogP) is 5.28. The van der Waals surface area contributed by atoms with Gasteiger partial charge in [0.1, 0.15) is 29.1 Å². The van der Waals surface area contributed by atoms with Crippen LogP contribution in [0, 0.1) is 0 Å². The van der Waals surface area contributed by atoms with Crippen molar-refractivity contribution in [3.8, 4) is 5.75 Å². The highest BCUT2D eigenvalue weighted by Crippen LogP contribution is 2.34. The highest BCUT2D eigenvalue weighted by Gasteiger charge is 2.51. The number of carbonyl (C=O) groups is 3. The van der Waals surface area contributed by atoms with Crippen molar-refractivity contribution < 1.29 is 23.9 Å². The van der Waals surface area contributed by atoms with Crippen LogP contribution in [0.5, 0.6) is 5.75 Å². The zero-order chi connectivity index (χ0) is 32.5. The molecule has 3 heterocycles. The van der Waals surface area contributed by atoms with Crippen LogP contribution in [-0.2, 0) is 33.8 Å². The molecule has 2 fully saturated rings. The van der Waals surface area contributed by atoms with Gasteiger partial charge in [0.05, 0.1) is 13.1 Å². The molecule has 0 bridgehead atoms. The van der Waals surface area contributed by atoms with Crippen molar-refractivity contribution in [2.75, 3.05) is 19.6 Å². The first kappa shape index (κ1) is 30.3. The fourth-order valence-corrected chi connectivity index (χ4v) is 6.91. The van der Waals surface area contributed by atoms with Gasteiger partial charge >= 0.3 is 0 Å². The number of para-hydroxylation sites is 2. The molecule has 238 valence electrons. The molecule has 1 N–H and O–H groups in total. The molecule has 1 aromatic heterocycles. The Bertz CT molecular complexity index is 1950. The third-order valence-corrected chi connectivity index (χ3v) is 9.11. The van der Waals surface area contributed by atoms with Gasteiger partial charge in [-0.1, -0.05) is 84.9 Å². The van der Waals surface area contributed by atoms with Gasteiger partial charge < -0.3 is 19.3 Å². The minimum absolute atomic E-state index is 0.0444. The van der Waals surface area contributed by atoms with Gasteiger partial charge in [0.2, 0.25) is 17.7 Å². The lowest BCUT2D eigenvalue weighted by molar-refractivity contribution is -0.205. The molecule has 2 aliphatic rings. The van der Waals surface area contributed by atoms with Crippen LogP contribution in [0.3, 0.4) is 0 Å². The summed E-state index contributed by atoms with van der Waals surface area (Å²) in [5.41, 5.74) is 4.17. The number of piperazine rings is 1. The second-order valence-electron chi connectivity index (χ2n) is 12.1. The number of fused-ring (bicyclic) bond motifs is 4. The van der Waals surface area contributed by atoms with E-state index in [-0.39, 0.29) is 55.9 Å². The number of phenols is 1. The molecule has 2 saturated heterocycles. The summed E-state index contributed by atoms with van der Waals surface area (Å²) in [6.07, 6.45) is 1.99. The molecule has 0 aliphatic carbocycles. The number of amides is 3. The van der Waals surface area contributed by atoms with Crippen molar-refractivity contribution in [1.82, 2.24) is 19.8 Å². The summed E-state index contributed by atoms with van der Waals surface area (Å²) in [5.74, 6) is -0.438. The molecule has 9 nitrogen and oxygen atoms in total. The van der Waals surface area contributed by atoms with Crippen LogP contribution < -0.4 is 0 Å². The van der Waals surface area contributed by atoms with Gasteiger partial charge in [0, 0.05) is 42.3 Å². The standard InChI is InChI=1S/C38H36N4O5/c1-2-21-40-25-36(45)41-32(22-27-15-18-29(43)19-16-27)38(46)39(24-34(41)42(40)35(44)20-17-26-9-4-3-5-10-26)23-28-11-8-13-31-30-12-6-7-14-33(30)47-37(28)31/h2-16,18-19,32,34,43H,1,17,20-25H2/t32-,34-/m0/s1. The second kappa shape index (κ2) is 12.8. The number of rotatable bonds is 9. The number of furan rings is 1. The van der Waals surface area contributed by atoms with Crippen molar-refractivity contribution in [3.05, 3.63) is 126 Å². The Hall–Kier alpha value is -5.41. The third-order valence-electron chi connectivity index (χ3n) is 9.11. The summed E-state index contributed by atoms with van der Waals surface area (Å²) < 4.78 is 6.29. The zero-order valence-electron chi connectivity index (χ0n) is 26.0. The predicted molar refractivity (Wildman–Crippen MR) is 179 cm³/mol. The number of hydrazine groups is 1. The molecule has 7 rings (SSSR count). The van der Waals surface area contributed by atoms with Crippen molar-refractivity contribution >= 4 is 39.7 Å². The number of hydrogen-bond donors (Lipinski definition) is 1. The van der Waals surface area contributed by atoms with Crippen LogP contribution in [0.2, 0.25) is 0 Å². The molecular weight excluding hydrogens is 592 g/mol. The first-order valence-corrected chi connectivity index (χ1v) is 15.9. The van der Waals surface area contributed by atoms with Gasteiger partial charge in [0.15, 0.2) is 0 Å². The topological polar surface area (TPSA) is 97.5 Å². The van der Waals surface area contributed by atoms with Crippen LogP contribution in [0.1, 0.15) is 23.1 Å². The first-order chi connectivity index (χ1) is 22.9. The number of carbonyl (C=O) groups excluding carboxylic acids is 3. The number of benzene rings is 4. The maximum absolute atomic E-state index is 14.4. The smallest absolute Gasteiger partial charge is 0.246 e. The van der Waals surface area contributed by atoms with Gasteiger partial charge in [-0.15, -0.1) is 6.58 Å². The summed E-state index contributed by atoms with van der Waals surface area (Å²) in [4.78, 5) is 45.8. The van der Waals surface area contributed by atoms with E-state index in [0.29, 0.717) is 18.5 Å². The highest BCUT2D eigenvalue weighted by molar-refractivity contribution is 6.05. The van der Waals surface area contributed by atoms with Crippen molar-refractivity contribution in [2.45, 2.75) is 38.0 Å². The zero-order valence-corrected chi connectivity index (χ0v) is 26.0. The molecule has 0 radical (unpaired) electrons. The first-order valence-electron chi connectivity index (χ1n) is 15.9. The quantitative estimate of drug-likeness (QED) is 0.223. The summed E-state index contributed by atoms with van der Waals surface area (Å²) in [5, 5.41) is 15.3. The Balaban J connectivity index is 1.26. The molecule has 47 heavy (non-hydrogen) atoms. The second-order valence-corrected chi connectivity index (χ2v) is 12.1. The summed E-state index contributed by atoms with van der Waals surface area (Å²) in [6.45, 7) is 4.52.